The third kappa shape index (κ3) is 4.60. The number of nitrogens with zero attached hydrogens (tertiary/aromatic N) is 2. The van der Waals surface area contributed by atoms with Gasteiger partial charge in [0.05, 0.1) is 0 Å². The van der Waals surface area contributed by atoms with Gasteiger partial charge in [-0.2, -0.15) is 0 Å². The highest BCUT2D eigenvalue weighted by Gasteiger charge is 2.14. The highest BCUT2D eigenvalue weighted by molar-refractivity contribution is 5.27. The van der Waals surface area contributed by atoms with Crippen LogP contribution in [0.4, 0.5) is 0 Å². The van der Waals surface area contributed by atoms with Gasteiger partial charge in [-0.15, -0.1) is 0 Å². The highest BCUT2D eigenvalue weighted by atomic mass is 15.2. The monoisotopic (exact) mass is 261 g/mol. The fourth-order valence-corrected chi connectivity index (χ4v) is 2.60. The van der Waals surface area contributed by atoms with E-state index in [0.29, 0.717) is 0 Å². The molecule has 0 amide bonds. The van der Waals surface area contributed by atoms with E-state index in [1.165, 1.54) is 37.3 Å². The van der Waals surface area contributed by atoms with Crippen molar-refractivity contribution in [3.05, 3.63) is 35.4 Å². The van der Waals surface area contributed by atoms with Crippen LogP contribution in [-0.4, -0.2) is 56.1 Å². The lowest BCUT2D eigenvalue weighted by Crippen LogP contribution is -2.44. The van der Waals surface area contributed by atoms with Crippen LogP contribution in [0.5, 0.6) is 0 Å². The number of nitrogens with one attached hydrogen (secondary N) is 1. The number of hydrogen-bond acceptors (Lipinski definition) is 3. The molecule has 1 aromatic carbocycles. The van der Waals surface area contributed by atoms with E-state index in [0.717, 1.165) is 26.1 Å². The van der Waals surface area contributed by atoms with E-state index in [4.69, 9.17) is 0 Å². The van der Waals surface area contributed by atoms with Gasteiger partial charge in [-0.3, -0.25) is 4.90 Å². The molecule has 0 aromatic heterocycles. The highest BCUT2D eigenvalue weighted by Crippen LogP contribution is 2.13. The molecule has 0 saturated carbocycles. The van der Waals surface area contributed by atoms with Crippen LogP contribution >= 0.6 is 0 Å². The maximum absolute atomic E-state index is 3.41. The summed E-state index contributed by atoms with van der Waals surface area (Å²) >= 11 is 0. The van der Waals surface area contributed by atoms with E-state index >= 15 is 0 Å². The standard InChI is InChI=1S/C16H27N3/c1-3-17-9-8-15-6-4-5-7-16(15)14-19-12-10-18(2)11-13-19/h4-7,17H,3,8-14H2,1-2H3. The average molecular weight is 261 g/mol. The van der Waals surface area contributed by atoms with Gasteiger partial charge < -0.3 is 10.2 Å². The topological polar surface area (TPSA) is 18.5 Å². The Morgan fingerprint density at radius 2 is 1.74 bits per heavy atom. The van der Waals surface area contributed by atoms with Crippen molar-refractivity contribution in [2.75, 3.05) is 46.3 Å². The maximum atomic E-state index is 3.41. The van der Waals surface area contributed by atoms with Crippen molar-refractivity contribution in [1.29, 1.82) is 0 Å². The average Bonchev–Trinajstić information content (AvgIpc) is 2.43. The Kier molecular flexibility index (Phi) is 5.83. The molecular formula is C16H27N3. The van der Waals surface area contributed by atoms with Crippen molar-refractivity contribution in [2.45, 2.75) is 19.9 Å². The Morgan fingerprint density at radius 3 is 2.42 bits per heavy atom. The van der Waals surface area contributed by atoms with Crippen LogP contribution in [0.3, 0.4) is 0 Å². The maximum Gasteiger partial charge on any atom is 0.0237 e. The summed E-state index contributed by atoms with van der Waals surface area (Å²) in [6, 6.07) is 8.90. The summed E-state index contributed by atoms with van der Waals surface area (Å²) in [5, 5.41) is 3.41. The van der Waals surface area contributed by atoms with Gasteiger partial charge in [0.25, 0.3) is 0 Å². The normalized spacial score (nSPS) is 17.8. The molecule has 1 heterocycles. The van der Waals surface area contributed by atoms with E-state index in [1.54, 1.807) is 0 Å². The zero-order chi connectivity index (χ0) is 13.5. The Balaban J connectivity index is 1.91. The second kappa shape index (κ2) is 7.63. The zero-order valence-corrected chi connectivity index (χ0v) is 12.4. The lowest BCUT2D eigenvalue weighted by atomic mass is 10.0. The van der Waals surface area contributed by atoms with Gasteiger partial charge in [-0.25, -0.2) is 0 Å². The molecule has 19 heavy (non-hydrogen) atoms. The van der Waals surface area contributed by atoms with E-state index in [9.17, 15) is 0 Å². The SMILES string of the molecule is CCNCCc1ccccc1CN1CCN(C)CC1. The number of hydrogen-bond donors (Lipinski definition) is 1. The lowest BCUT2D eigenvalue weighted by Gasteiger charge is -2.32. The van der Waals surface area contributed by atoms with E-state index in [-0.39, 0.29) is 0 Å². The van der Waals surface area contributed by atoms with Gasteiger partial charge in [-0.1, -0.05) is 31.2 Å². The molecule has 1 aromatic rings. The minimum atomic E-state index is 1.06. The fourth-order valence-electron chi connectivity index (χ4n) is 2.60. The van der Waals surface area contributed by atoms with Gasteiger partial charge in [0.15, 0.2) is 0 Å². The van der Waals surface area contributed by atoms with Crippen molar-refractivity contribution < 1.29 is 0 Å². The number of benzene rings is 1. The van der Waals surface area contributed by atoms with Crippen molar-refractivity contribution >= 4 is 0 Å². The summed E-state index contributed by atoms with van der Waals surface area (Å²) in [5.41, 5.74) is 3.01. The molecule has 0 bridgehead atoms. The fraction of sp³-hybridized carbons (Fsp3) is 0.625. The molecule has 3 heteroatoms. The summed E-state index contributed by atoms with van der Waals surface area (Å²) in [7, 11) is 2.21. The first-order valence-corrected chi connectivity index (χ1v) is 7.48. The first kappa shape index (κ1) is 14.5. The van der Waals surface area contributed by atoms with E-state index < -0.39 is 0 Å². The molecule has 1 aliphatic heterocycles. The first-order valence-electron chi connectivity index (χ1n) is 7.48. The first-order chi connectivity index (χ1) is 9.29. The van der Waals surface area contributed by atoms with Gasteiger partial charge in [0.2, 0.25) is 0 Å². The number of piperazine rings is 1. The van der Waals surface area contributed by atoms with E-state index in [2.05, 4.69) is 53.4 Å². The Hall–Kier alpha value is -0.900. The molecular weight excluding hydrogens is 234 g/mol. The third-order valence-corrected chi connectivity index (χ3v) is 3.93. The Bertz CT molecular complexity index is 370. The molecule has 0 aliphatic carbocycles. The molecule has 1 aliphatic rings. The predicted octanol–water partition coefficient (Wildman–Crippen LogP) is 1.59. The van der Waals surface area contributed by atoms with Crippen LogP contribution in [-0.2, 0) is 13.0 Å². The molecule has 0 radical (unpaired) electrons. The summed E-state index contributed by atoms with van der Waals surface area (Å²) in [6.45, 7) is 10.2. The number of rotatable bonds is 6. The number of likely N-dealkylation sites (N-methyl/N-ethyl adjacent to an activating group) is 2. The quantitative estimate of drug-likeness (QED) is 0.785. The van der Waals surface area contributed by atoms with Crippen LogP contribution in [0.1, 0.15) is 18.1 Å². The van der Waals surface area contributed by atoms with Crippen molar-refractivity contribution in [1.82, 2.24) is 15.1 Å². The third-order valence-electron chi connectivity index (χ3n) is 3.93. The molecule has 0 unspecified atom stereocenters. The molecule has 1 fully saturated rings. The van der Waals surface area contributed by atoms with Crippen LogP contribution in [0.2, 0.25) is 0 Å². The lowest BCUT2D eigenvalue weighted by molar-refractivity contribution is 0.148. The molecule has 106 valence electrons. The summed E-state index contributed by atoms with van der Waals surface area (Å²) in [6.07, 6.45) is 1.14. The Labute approximate surface area is 117 Å². The summed E-state index contributed by atoms with van der Waals surface area (Å²) in [5.74, 6) is 0. The second-order valence-corrected chi connectivity index (χ2v) is 5.45. The van der Waals surface area contributed by atoms with Gasteiger partial charge >= 0.3 is 0 Å². The van der Waals surface area contributed by atoms with Gasteiger partial charge in [0, 0.05) is 32.7 Å². The molecule has 0 atom stereocenters. The Morgan fingerprint density at radius 1 is 1.05 bits per heavy atom. The van der Waals surface area contributed by atoms with Crippen LogP contribution < -0.4 is 5.32 Å². The summed E-state index contributed by atoms with van der Waals surface area (Å²) in [4.78, 5) is 4.99. The van der Waals surface area contributed by atoms with Crippen LogP contribution in [0, 0.1) is 0 Å². The molecule has 1 N–H and O–H groups in total. The molecule has 3 nitrogen and oxygen atoms in total. The van der Waals surface area contributed by atoms with Gasteiger partial charge in [-0.05, 0) is 37.7 Å². The van der Waals surface area contributed by atoms with Crippen molar-refractivity contribution in [3.8, 4) is 0 Å². The van der Waals surface area contributed by atoms with Crippen LogP contribution in [0.25, 0.3) is 0 Å². The molecule has 2 rings (SSSR count). The summed E-state index contributed by atoms with van der Waals surface area (Å²) < 4.78 is 0. The molecule has 1 saturated heterocycles. The van der Waals surface area contributed by atoms with Crippen molar-refractivity contribution in [2.24, 2.45) is 0 Å². The predicted molar refractivity (Wildman–Crippen MR) is 81.5 cm³/mol. The van der Waals surface area contributed by atoms with Crippen molar-refractivity contribution in [3.63, 3.8) is 0 Å². The van der Waals surface area contributed by atoms with Crippen LogP contribution in [0.15, 0.2) is 24.3 Å². The zero-order valence-electron chi connectivity index (χ0n) is 12.4. The smallest absolute Gasteiger partial charge is 0.0237 e. The minimum absolute atomic E-state index is 1.06. The largest absolute Gasteiger partial charge is 0.317 e. The minimum Gasteiger partial charge on any atom is -0.317 e. The van der Waals surface area contributed by atoms with E-state index in [1.807, 2.05) is 0 Å². The van der Waals surface area contributed by atoms with Gasteiger partial charge in [0.1, 0.15) is 0 Å². The second-order valence-electron chi connectivity index (χ2n) is 5.45. The molecule has 0 spiro atoms.